The zero-order valence-corrected chi connectivity index (χ0v) is 11.1. The van der Waals surface area contributed by atoms with Gasteiger partial charge in [-0.1, -0.05) is 29.8 Å². The van der Waals surface area contributed by atoms with Crippen LogP contribution in [0.1, 0.15) is 34.6 Å². The number of hydrogen-bond donors (Lipinski definition) is 2. The van der Waals surface area contributed by atoms with E-state index in [1.165, 1.54) is 16.9 Å². The van der Waals surface area contributed by atoms with Crippen molar-refractivity contribution < 1.29 is 4.79 Å². The lowest BCUT2D eigenvalue weighted by Crippen LogP contribution is -2.26. The van der Waals surface area contributed by atoms with Gasteiger partial charge < -0.3 is 11.1 Å². The van der Waals surface area contributed by atoms with E-state index in [0.29, 0.717) is 10.8 Å². The zero-order valence-electron chi connectivity index (χ0n) is 10.3. The van der Waals surface area contributed by atoms with Crippen LogP contribution in [0.5, 0.6) is 0 Å². The highest BCUT2D eigenvalue weighted by molar-refractivity contribution is 7.13. The molecule has 1 amide bonds. The van der Waals surface area contributed by atoms with E-state index in [2.05, 4.69) is 16.4 Å². The van der Waals surface area contributed by atoms with Crippen LogP contribution in [-0.2, 0) is 0 Å². The quantitative estimate of drug-likeness (QED) is 0.892. The monoisotopic (exact) mass is 261 g/mol. The second-order valence-corrected chi connectivity index (χ2v) is 5.07. The maximum Gasteiger partial charge on any atom is 0.271 e. The molecule has 0 aliphatic rings. The van der Waals surface area contributed by atoms with Crippen LogP contribution >= 0.6 is 11.3 Å². The third-order valence-corrected chi connectivity index (χ3v) is 3.32. The number of amides is 1. The highest BCUT2D eigenvalue weighted by atomic mass is 32.1. The average Bonchev–Trinajstić information content (AvgIpc) is 2.76. The summed E-state index contributed by atoms with van der Waals surface area (Å²) < 4.78 is 0. The summed E-state index contributed by atoms with van der Waals surface area (Å²) in [5.41, 5.74) is 8.13. The van der Waals surface area contributed by atoms with Crippen molar-refractivity contribution in [2.75, 3.05) is 5.73 Å². The van der Waals surface area contributed by atoms with Crippen LogP contribution in [0.4, 0.5) is 5.13 Å². The Morgan fingerprint density at radius 2 is 2.28 bits per heavy atom. The predicted octanol–water partition coefficient (Wildman–Crippen LogP) is 2.52. The van der Waals surface area contributed by atoms with E-state index in [9.17, 15) is 4.79 Å². The van der Waals surface area contributed by atoms with Crippen LogP contribution in [0.2, 0.25) is 0 Å². The molecule has 2 rings (SSSR count). The Morgan fingerprint density at radius 1 is 1.50 bits per heavy atom. The molecule has 18 heavy (non-hydrogen) atoms. The van der Waals surface area contributed by atoms with Crippen molar-refractivity contribution in [3.63, 3.8) is 0 Å². The molecule has 1 aromatic carbocycles. The van der Waals surface area contributed by atoms with Crippen LogP contribution in [-0.4, -0.2) is 10.9 Å². The summed E-state index contributed by atoms with van der Waals surface area (Å²) in [5, 5.41) is 4.97. The first kappa shape index (κ1) is 12.6. The van der Waals surface area contributed by atoms with Gasteiger partial charge in [-0.3, -0.25) is 4.79 Å². The van der Waals surface area contributed by atoms with Gasteiger partial charge in [-0.2, -0.15) is 0 Å². The van der Waals surface area contributed by atoms with Crippen LogP contribution < -0.4 is 11.1 Å². The molecule has 4 nitrogen and oxygen atoms in total. The molecule has 0 unspecified atom stereocenters. The zero-order chi connectivity index (χ0) is 13.1. The Morgan fingerprint density at radius 3 is 2.89 bits per heavy atom. The maximum atomic E-state index is 11.9. The third kappa shape index (κ3) is 2.87. The van der Waals surface area contributed by atoms with Gasteiger partial charge in [0.2, 0.25) is 0 Å². The van der Waals surface area contributed by atoms with Gasteiger partial charge in [0, 0.05) is 5.38 Å². The normalized spacial score (nSPS) is 12.1. The highest BCUT2D eigenvalue weighted by Crippen LogP contribution is 2.16. The number of aromatic nitrogens is 1. The minimum absolute atomic E-state index is 0.0553. The van der Waals surface area contributed by atoms with Crippen molar-refractivity contribution >= 4 is 22.4 Å². The second-order valence-electron chi connectivity index (χ2n) is 4.18. The lowest BCUT2D eigenvalue weighted by atomic mass is 10.1. The van der Waals surface area contributed by atoms with E-state index in [1.807, 2.05) is 32.0 Å². The third-order valence-electron chi connectivity index (χ3n) is 2.64. The molecule has 0 fully saturated rings. The Kier molecular flexibility index (Phi) is 3.62. The largest absolute Gasteiger partial charge is 0.375 e. The topological polar surface area (TPSA) is 68.0 Å². The molecular weight excluding hydrogens is 246 g/mol. The molecule has 1 heterocycles. The fraction of sp³-hybridized carbons (Fsp3) is 0.231. The summed E-state index contributed by atoms with van der Waals surface area (Å²) in [7, 11) is 0. The van der Waals surface area contributed by atoms with Gasteiger partial charge in [0.25, 0.3) is 5.91 Å². The summed E-state index contributed by atoms with van der Waals surface area (Å²) in [6.45, 7) is 3.97. The van der Waals surface area contributed by atoms with Gasteiger partial charge in [0.05, 0.1) is 6.04 Å². The molecule has 1 aromatic heterocycles. The molecule has 0 spiro atoms. The van der Waals surface area contributed by atoms with E-state index < -0.39 is 0 Å². The van der Waals surface area contributed by atoms with Gasteiger partial charge in [-0.05, 0) is 19.4 Å². The number of aryl methyl sites for hydroxylation is 1. The number of nitrogens with two attached hydrogens (primary N) is 1. The fourth-order valence-corrected chi connectivity index (χ4v) is 2.23. The number of carbonyl (C=O) groups excluding carboxylic acids is 1. The number of rotatable bonds is 3. The van der Waals surface area contributed by atoms with Gasteiger partial charge >= 0.3 is 0 Å². The number of nitrogen functional groups attached to an aromatic ring is 1. The molecule has 5 heteroatoms. The first-order chi connectivity index (χ1) is 8.56. The SMILES string of the molecule is Cc1cccc([C@H](C)NC(=O)c2csc(N)n2)c1. The summed E-state index contributed by atoms with van der Waals surface area (Å²) in [6, 6.07) is 8.00. The van der Waals surface area contributed by atoms with Crippen molar-refractivity contribution in [1.82, 2.24) is 10.3 Å². The van der Waals surface area contributed by atoms with Crippen molar-refractivity contribution in [3.05, 3.63) is 46.5 Å². The van der Waals surface area contributed by atoms with E-state index >= 15 is 0 Å². The Balaban J connectivity index is 2.07. The Bertz CT molecular complexity index is 565. The number of nitrogens with zero attached hydrogens (tertiary/aromatic N) is 1. The summed E-state index contributed by atoms with van der Waals surface area (Å²) >= 11 is 1.26. The molecule has 3 N–H and O–H groups in total. The highest BCUT2D eigenvalue weighted by Gasteiger charge is 2.13. The van der Waals surface area contributed by atoms with Gasteiger partial charge in [0.15, 0.2) is 5.13 Å². The van der Waals surface area contributed by atoms with E-state index in [0.717, 1.165) is 5.56 Å². The van der Waals surface area contributed by atoms with Gasteiger partial charge in [-0.15, -0.1) is 11.3 Å². The van der Waals surface area contributed by atoms with Gasteiger partial charge in [-0.25, -0.2) is 4.98 Å². The smallest absolute Gasteiger partial charge is 0.271 e. The van der Waals surface area contributed by atoms with Crippen LogP contribution in [0, 0.1) is 6.92 Å². The number of anilines is 1. The number of benzene rings is 1. The van der Waals surface area contributed by atoms with Crippen molar-refractivity contribution in [1.29, 1.82) is 0 Å². The second kappa shape index (κ2) is 5.18. The molecule has 2 aromatic rings. The summed E-state index contributed by atoms with van der Waals surface area (Å²) in [6.07, 6.45) is 0. The van der Waals surface area contributed by atoms with Crippen LogP contribution in [0.25, 0.3) is 0 Å². The van der Waals surface area contributed by atoms with Gasteiger partial charge in [0.1, 0.15) is 5.69 Å². The fourth-order valence-electron chi connectivity index (χ4n) is 1.69. The molecule has 0 bridgehead atoms. The van der Waals surface area contributed by atoms with E-state index in [-0.39, 0.29) is 11.9 Å². The van der Waals surface area contributed by atoms with Crippen molar-refractivity contribution in [2.24, 2.45) is 0 Å². The molecule has 0 radical (unpaired) electrons. The van der Waals surface area contributed by atoms with E-state index in [4.69, 9.17) is 5.73 Å². The number of hydrogen-bond acceptors (Lipinski definition) is 4. The first-order valence-corrected chi connectivity index (χ1v) is 6.52. The minimum Gasteiger partial charge on any atom is -0.375 e. The molecule has 0 saturated carbocycles. The lowest BCUT2D eigenvalue weighted by Gasteiger charge is -2.13. The first-order valence-electron chi connectivity index (χ1n) is 5.64. The minimum atomic E-state index is -0.197. The molecule has 94 valence electrons. The summed E-state index contributed by atoms with van der Waals surface area (Å²) in [5.74, 6) is -0.197. The van der Waals surface area contributed by atoms with Crippen molar-refractivity contribution in [2.45, 2.75) is 19.9 Å². The lowest BCUT2D eigenvalue weighted by molar-refractivity contribution is 0.0935. The standard InChI is InChI=1S/C13H15N3OS/c1-8-4-3-5-10(6-8)9(2)15-12(17)11-7-18-13(14)16-11/h3-7,9H,1-2H3,(H2,14,16)(H,15,17)/t9-/m0/s1. The molecule has 0 aliphatic heterocycles. The van der Waals surface area contributed by atoms with Crippen LogP contribution in [0.15, 0.2) is 29.6 Å². The Hall–Kier alpha value is -1.88. The Labute approximate surface area is 110 Å². The summed E-state index contributed by atoms with van der Waals surface area (Å²) in [4.78, 5) is 15.9. The number of nitrogens with one attached hydrogen (secondary N) is 1. The van der Waals surface area contributed by atoms with Crippen LogP contribution in [0.3, 0.4) is 0 Å². The molecule has 0 aliphatic carbocycles. The number of thiazole rings is 1. The predicted molar refractivity (Wildman–Crippen MR) is 73.6 cm³/mol. The average molecular weight is 261 g/mol. The molecular formula is C13H15N3OS. The van der Waals surface area contributed by atoms with E-state index in [1.54, 1.807) is 5.38 Å². The van der Waals surface area contributed by atoms with Crippen molar-refractivity contribution in [3.8, 4) is 0 Å². The molecule has 0 saturated heterocycles. The maximum absolute atomic E-state index is 11.9. The molecule has 1 atom stereocenters. The number of carbonyl (C=O) groups is 1.